The zero-order valence-corrected chi connectivity index (χ0v) is 13.0. The van der Waals surface area contributed by atoms with E-state index in [9.17, 15) is 9.59 Å². The summed E-state index contributed by atoms with van der Waals surface area (Å²) in [5.74, 6) is -0.307. The number of nitrogens with one attached hydrogen (secondary N) is 2. The number of primary amides is 1. The minimum Gasteiger partial charge on any atom is -0.350 e. The largest absolute Gasteiger partial charge is 0.350 e. The number of hydroxylamine groups is 1. The molecule has 22 heavy (non-hydrogen) atoms. The van der Waals surface area contributed by atoms with E-state index in [1.54, 1.807) is 6.92 Å². The zero-order valence-electron chi connectivity index (χ0n) is 13.0. The van der Waals surface area contributed by atoms with E-state index < -0.39 is 12.1 Å². The molecule has 0 saturated carbocycles. The molecule has 6 nitrogen and oxygen atoms in total. The summed E-state index contributed by atoms with van der Waals surface area (Å²) in [6.45, 7) is 3.47. The molecule has 1 aromatic rings. The standard InChI is InChI=1S/C16H23N3O3/c1-10(18-15(20)11(2)22-19-16(17)21)13-8-7-12-5-3-4-6-14(12)9-13/h7-11H,3-6H2,1-2H3,(H,18,20)(H3,17,19,21)/t10-,11-/m0/s1. The average Bonchev–Trinajstić information content (AvgIpc) is 2.51. The van der Waals surface area contributed by atoms with Crippen LogP contribution in [-0.2, 0) is 22.5 Å². The van der Waals surface area contributed by atoms with Gasteiger partial charge in [0.1, 0.15) is 0 Å². The lowest BCUT2D eigenvalue weighted by Crippen LogP contribution is -2.41. The predicted octanol–water partition coefficient (Wildman–Crippen LogP) is 1.73. The average molecular weight is 305 g/mol. The van der Waals surface area contributed by atoms with Gasteiger partial charge in [-0.3, -0.25) is 9.63 Å². The van der Waals surface area contributed by atoms with E-state index >= 15 is 0 Å². The van der Waals surface area contributed by atoms with Crippen molar-refractivity contribution in [2.75, 3.05) is 0 Å². The topological polar surface area (TPSA) is 93.4 Å². The highest BCUT2D eigenvalue weighted by molar-refractivity contribution is 5.81. The zero-order chi connectivity index (χ0) is 16.1. The number of rotatable bonds is 5. The molecule has 0 aliphatic heterocycles. The van der Waals surface area contributed by atoms with Gasteiger partial charge >= 0.3 is 6.03 Å². The Morgan fingerprint density at radius 1 is 1.18 bits per heavy atom. The first-order chi connectivity index (χ1) is 10.5. The highest BCUT2D eigenvalue weighted by Crippen LogP contribution is 2.24. The maximum absolute atomic E-state index is 12.0. The number of hydrogen-bond donors (Lipinski definition) is 3. The highest BCUT2D eigenvalue weighted by Gasteiger charge is 2.18. The fourth-order valence-corrected chi connectivity index (χ4v) is 2.64. The number of aryl methyl sites for hydroxylation is 2. The van der Waals surface area contributed by atoms with Crippen LogP contribution in [0.5, 0.6) is 0 Å². The van der Waals surface area contributed by atoms with E-state index in [1.165, 1.54) is 24.0 Å². The number of carbonyl (C=O) groups is 2. The van der Waals surface area contributed by atoms with Crippen LogP contribution in [0.3, 0.4) is 0 Å². The van der Waals surface area contributed by atoms with Gasteiger partial charge in [-0.15, -0.1) is 0 Å². The molecule has 3 amide bonds. The van der Waals surface area contributed by atoms with Crippen molar-refractivity contribution in [3.8, 4) is 0 Å². The van der Waals surface area contributed by atoms with E-state index in [1.807, 2.05) is 12.4 Å². The first kappa shape index (κ1) is 16.3. The molecule has 0 unspecified atom stereocenters. The fourth-order valence-electron chi connectivity index (χ4n) is 2.64. The van der Waals surface area contributed by atoms with E-state index in [0.717, 1.165) is 18.4 Å². The molecule has 2 atom stereocenters. The molecule has 1 aliphatic carbocycles. The van der Waals surface area contributed by atoms with Gasteiger partial charge in [0, 0.05) is 0 Å². The molecule has 0 bridgehead atoms. The van der Waals surface area contributed by atoms with Crippen LogP contribution < -0.4 is 16.5 Å². The summed E-state index contributed by atoms with van der Waals surface area (Å²) in [7, 11) is 0. The maximum Gasteiger partial charge on any atom is 0.336 e. The summed E-state index contributed by atoms with van der Waals surface area (Å²) in [6.07, 6.45) is 3.90. The number of fused-ring (bicyclic) bond motifs is 1. The Morgan fingerprint density at radius 3 is 2.55 bits per heavy atom. The molecule has 2 rings (SSSR count). The normalized spacial score (nSPS) is 16.3. The Bertz CT molecular complexity index is 560. The Balaban J connectivity index is 1.95. The van der Waals surface area contributed by atoms with Crippen LogP contribution in [0.25, 0.3) is 0 Å². The Labute approximate surface area is 130 Å². The van der Waals surface area contributed by atoms with Crippen molar-refractivity contribution in [3.63, 3.8) is 0 Å². The third-order valence-corrected chi connectivity index (χ3v) is 3.94. The van der Waals surface area contributed by atoms with Crippen LogP contribution in [-0.4, -0.2) is 18.0 Å². The SMILES string of the molecule is C[C@H](ONC(N)=O)C(=O)N[C@@H](C)c1ccc2c(c1)CCCC2. The van der Waals surface area contributed by atoms with E-state index in [2.05, 4.69) is 23.5 Å². The van der Waals surface area contributed by atoms with Crippen LogP contribution in [0.2, 0.25) is 0 Å². The molecule has 0 saturated heterocycles. The summed E-state index contributed by atoms with van der Waals surface area (Å²) >= 11 is 0. The minimum atomic E-state index is -0.831. The van der Waals surface area contributed by atoms with Crippen molar-refractivity contribution >= 4 is 11.9 Å². The van der Waals surface area contributed by atoms with Crippen LogP contribution >= 0.6 is 0 Å². The molecule has 120 valence electrons. The second kappa shape index (κ2) is 7.26. The number of amides is 3. The van der Waals surface area contributed by atoms with E-state index in [4.69, 9.17) is 10.6 Å². The molecule has 0 heterocycles. The third kappa shape index (κ3) is 4.21. The number of hydrogen-bond acceptors (Lipinski definition) is 3. The van der Waals surface area contributed by atoms with Gasteiger partial charge in [0.15, 0.2) is 6.10 Å². The van der Waals surface area contributed by atoms with Gasteiger partial charge in [-0.2, -0.15) is 0 Å². The number of benzene rings is 1. The number of urea groups is 1. The van der Waals surface area contributed by atoms with Gasteiger partial charge in [-0.05, 0) is 56.2 Å². The Hall–Kier alpha value is -2.08. The summed E-state index contributed by atoms with van der Waals surface area (Å²) in [5.41, 5.74) is 10.7. The van der Waals surface area contributed by atoms with Gasteiger partial charge in [0.25, 0.3) is 5.91 Å². The highest BCUT2D eigenvalue weighted by atomic mass is 16.7. The van der Waals surface area contributed by atoms with Crippen molar-refractivity contribution in [1.82, 2.24) is 10.8 Å². The molecule has 0 fully saturated rings. The molecular weight excluding hydrogens is 282 g/mol. The van der Waals surface area contributed by atoms with Gasteiger partial charge in [-0.25, -0.2) is 10.3 Å². The molecule has 1 aromatic carbocycles. The van der Waals surface area contributed by atoms with Gasteiger partial charge < -0.3 is 11.1 Å². The number of nitrogens with two attached hydrogens (primary N) is 1. The minimum absolute atomic E-state index is 0.126. The summed E-state index contributed by atoms with van der Waals surface area (Å²) < 4.78 is 0. The van der Waals surface area contributed by atoms with E-state index in [0.29, 0.717) is 0 Å². The molecule has 0 aromatic heterocycles. The molecule has 0 radical (unpaired) electrons. The monoisotopic (exact) mass is 305 g/mol. The smallest absolute Gasteiger partial charge is 0.336 e. The summed E-state index contributed by atoms with van der Waals surface area (Å²) in [4.78, 5) is 27.4. The molecule has 0 spiro atoms. The molecule has 4 N–H and O–H groups in total. The van der Waals surface area contributed by atoms with Gasteiger partial charge in [0.2, 0.25) is 0 Å². The van der Waals surface area contributed by atoms with Gasteiger partial charge in [-0.1, -0.05) is 18.2 Å². The van der Waals surface area contributed by atoms with Gasteiger partial charge in [0.05, 0.1) is 6.04 Å². The van der Waals surface area contributed by atoms with Crippen LogP contribution in [0, 0.1) is 0 Å². The lowest BCUT2D eigenvalue weighted by molar-refractivity contribution is -0.135. The number of carbonyl (C=O) groups excluding carboxylic acids is 2. The van der Waals surface area contributed by atoms with Crippen molar-refractivity contribution < 1.29 is 14.4 Å². The first-order valence-corrected chi connectivity index (χ1v) is 7.60. The van der Waals surface area contributed by atoms with Crippen LogP contribution in [0.15, 0.2) is 18.2 Å². The van der Waals surface area contributed by atoms with E-state index in [-0.39, 0.29) is 11.9 Å². The summed E-state index contributed by atoms with van der Waals surface area (Å²) in [6, 6.07) is 5.43. The molecule has 1 aliphatic rings. The van der Waals surface area contributed by atoms with Crippen LogP contribution in [0.1, 0.15) is 49.4 Å². The van der Waals surface area contributed by atoms with Crippen molar-refractivity contribution in [2.45, 2.75) is 51.7 Å². The third-order valence-electron chi connectivity index (χ3n) is 3.94. The van der Waals surface area contributed by atoms with Crippen molar-refractivity contribution in [2.24, 2.45) is 5.73 Å². The lowest BCUT2D eigenvalue weighted by atomic mass is 9.89. The molecule has 6 heteroatoms. The quantitative estimate of drug-likeness (QED) is 0.723. The molecular formula is C16H23N3O3. The second-order valence-electron chi connectivity index (χ2n) is 5.69. The Morgan fingerprint density at radius 2 is 1.86 bits per heavy atom. The fraction of sp³-hybridized carbons (Fsp3) is 0.500. The van der Waals surface area contributed by atoms with Crippen molar-refractivity contribution in [3.05, 3.63) is 34.9 Å². The summed E-state index contributed by atoms with van der Waals surface area (Å²) in [5, 5.41) is 2.87. The van der Waals surface area contributed by atoms with Crippen molar-refractivity contribution in [1.29, 1.82) is 0 Å². The predicted molar refractivity (Wildman–Crippen MR) is 82.9 cm³/mol. The maximum atomic E-state index is 12.0. The second-order valence-corrected chi connectivity index (χ2v) is 5.69. The Kier molecular flexibility index (Phi) is 5.38. The first-order valence-electron chi connectivity index (χ1n) is 7.60. The lowest BCUT2D eigenvalue weighted by Gasteiger charge is -2.21. The van der Waals surface area contributed by atoms with Crippen LogP contribution in [0.4, 0.5) is 4.79 Å².